The summed E-state index contributed by atoms with van der Waals surface area (Å²) in [6.07, 6.45) is -5.19. The second-order valence-electron chi connectivity index (χ2n) is 7.53. The van der Waals surface area contributed by atoms with Gasteiger partial charge in [-0.2, -0.15) is 17.7 Å². The molecular weight excluding hydrogens is 423 g/mol. The van der Waals surface area contributed by atoms with Crippen LogP contribution in [0.2, 0.25) is 0 Å². The number of pyridine rings is 1. The lowest BCUT2D eigenvalue weighted by Gasteiger charge is -2.12. The number of carboxylic acid groups (broad SMARTS) is 1. The lowest BCUT2D eigenvalue weighted by Crippen LogP contribution is -2.37. The van der Waals surface area contributed by atoms with Gasteiger partial charge >= 0.3 is 6.18 Å². The molecule has 0 saturated heterocycles. The predicted molar refractivity (Wildman–Crippen MR) is 113 cm³/mol. The first kappa shape index (κ1) is 25.0. The van der Waals surface area contributed by atoms with Crippen molar-refractivity contribution >= 4 is 16.7 Å². The van der Waals surface area contributed by atoms with Gasteiger partial charge in [-0.05, 0) is 17.5 Å². The van der Waals surface area contributed by atoms with Gasteiger partial charge in [0.2, 0.25) is 5.69 Å². The maximum Gasteiger partial charge on any atom is 0.430 e. The Kier molecular flexibility index (Phi) is 7.72. The standard InChI is InChI=1S/C22H26NO2.C2HF3O2/c1-14(2)17-7-9-19(10-8-17)23-15(3)11-18-12-20(24-5)13-21(25-6)22(18)16(23)4;3-2(4,5)1(6)7/h7-14H,1-6H3;(H,6,7)/q+1;/p-1. The second kappa shape index (κ2) is 9.89. The van der Waals surface area contributed by atoms with E-state index < -0.39 is 12.1 Å². The van der Waals surface area contributed by atoms with Crippen LogP contribution in [-0.4, -0.2) is 26.4 Å². The van der Waals surface area contributed by atoms with E-state index in [1.54, 1.807) is 14.2 Å². The molecule has 8 heteroatoms. The summed E-state index contributed by atoms with van der Waals surface area (Å²) in [6, 6.07) is 15.0. The number of halogens is 3. The minimum atomic E-state index is -5.19. The summed E-state index contributed by atoms with van der Waals surface area (Å²) in [5.74, 6) is -0.834. The smallest absolute Gasteiger partial charge is 0.430 e. The molecule has 3 rings (SSSR count). The molecule has 1 aromatic heterocycles. The lowest BCUT2D eigenvalue weighted by atomic mass is 10.0. The number of aryl methyl sites for hydroxylation is 2. The van der Waals surface area contributed by atoms with Crippen molar-refractivity contribution in [2.75, 3.05) is 14.2 Å². The number of aromatic nitrogens is 1. The highest BCUT2D eigenvalue weighted by Crippen LogP contribution is 2.33. The topological polar surface area (TPSA) is 62.5 Å². The molecule has 0 atom stereocenters. The van der Waals surface area contributed by atoms with E-state index in [1.807, 2.05) is 6.07 Å². The average Bonchev–Trinajstić information content (AvgIpc) is 2.72. The van der Waals surface area contributed by atoms with Crippen molar-refractivity contribution in [1.29, 1.82) is 0 Å². The Labute approximate surface area is 185 Å². The summed E-state index contributed by atoms with van der Waals surface area (Å²) in [4.78, 5) is 8.78. The number of carbonyl (C=O) groups is 1. The number of carbonyl (C=O) groups excluding carboxylic acids is 1. The summed E-state index contributed by atoms with van der Waals surface area (Å²) in [5.41, 5.74) is 4.85. The van der Waals surface area contributed by atoms with Crippen molar-refractivity contribution in [3.8, 4) is 17.2 Å². The van der Waals surface area contributed by atoms with Gasteiger partial charge < -0.3 is 19.4 Å². The van der Waals surface area contributed by atoms with Gasteiger partial charge in [-0.25, -0.2) is 0 Å². The molecule has 1 heterocycles. The van der Waals surface area contributed by atoms with E-state index in [0.29, 0.717) is 5.92 Å². The zero-order valence-electron chi connectivity index (χ0n) is 18.8. The van der Waals surface area contributed by atoms with Crippen LogP contribution in [0.5, 0.6) is 11.5 Å². The molecule has 172 valence electrons. The Morgan fingerprint density at radius 2 is 1.56 bits per heavy atom. The first-order valence-corrected chi connectivity index (χ1v) is 9.87. The van der Waals surface area contributed by atoms with Gasteiger partial charge in [0.15, 0.2) is 11.4 Å². The zero-order chi connectivity index (χ0) is 24.2. The van der Waals surface area contributed by atoms with Crippen molar-refractivity contribution in [2.45, 2.75) is 39.8 Å². The Balaban J connectivity index is 0.000000451. The number of aliphatic carboxylic acids is 1. The number of alkyl halides is 3. The van der Waals surface area contributed by atoms with Crippen LogP contribution in [0.25, 0.3) is 16.5 Å². The van der Waals surface area contributed by atoms with Crippen molar-refractivity contribution in [2.24, 2.45) is 0 Å². The van der Waals surface area contributed by atoms with E-state index >= 15 is 0 Å². The average molecular weight is 449 g/mol. The second-order valence-corrected chi connectivity index (χ2v) is 7.53. The molecule has 5 nitrogen and oxygen atoms in total. The van der Waals surface area contributed by atoms with Crippen LogP contribution >= 0.6 is 0 Å². The fourth-order valence-corrected chi connectivity index (χ4v) is 3.46. The largest absolute Gasteiger partial charge is 0.542 e. The molecule has 0 radical (unpaired) electrons. The van der Waals surface area contributed by atoms with Gasteiger partial charge in [0.05, 0.1) is 19.6 Å². The van der Waals surface area contributed by atoms with Crippen molar-refractivity contribution in [1.82, 2.24) is 0 Å². The fourth-order valence-electron chi connectivity index (χ4n) is 3.46. The van der Waals surface area contributed by atoms with E-state index in [-0.39, 0.29) is 0 Å². The van der Waals surface area contributed by atoms with Crippen molar-refractivity contribution in [3.05, 3.63) is 59.4 Å². The summed E-state index contributed by atoms with van der Waals surface area (Å²) in [6.45, 7) is 8.70. The molecule has 0 saturated carbocycles. The first-order chi connectivity index (χ1) is 14.9. The van der Waals surface area contributed by atoms with Crippen LogP contribution < -0.4 is 19.1 Å². The third-order valence-electron chi connectivity index (χ3n) is 5.03. The number of hydrogen-bond acceptors (Lipinski definition) is 4. The molecule has 32 heavy (non-hydrogen) atoms. The molecule has 0 fully saturated rings. The van der Waals surface area contributed by atoms with E-state index in [1.165, 1.54) is 16.9 Å². The van der Waals surface area contributed by atoms with Gasteiger partial charge in [-0.15, -0.1) is 0 Å². The normalized spacial score (nSPS) is 11.2. The molecule has 0 aliphatic carbocycles. The van der Waals surface area contributed by atoms with E-state index in [0.717, 1.165) is 28.0 Å². The number of hydrogen-bond donors (Lipinski definition) is 0. The fraction of sp³-hybridized carbons (Fsp3) is 0.333. The summed E-state index contributed by atoms with van der Waals surface area (Å²) < 4.78 is 44.9. The van der Waals surface area contributed by atoms with Crippen LogP contribution in [0, 0.1) is 13.8 Å². The number of methoxy groups -OCH3 is 2. The van der Waals surface area contributed by atoms with Gasteiger partial charge in [0.25, 0.3) is 0 Å². The number of nitrogens with zero attached hydrogens (tertiary/aromatic N) is 1. The van der Waals surface area contributed by atoms with Gasteiger partial charge in [0, 0.05) is 43.5 Å². The minimum absolute atomic E-state index is 0.533. The van der Waals surface area contributed by atoms with Crippen LogP contribution in [-0.2, 0) is 4.79 Å². The minimum Gasteiger partial charge on any atom is -0.542 e. The molecule has 0 spiro atoms. The van der Waals surface area contributed by atoms with E-state index in [4.69, 9.17) is 19.4 Å². The third kappa shape index (κ3) is 5.49. The monoisotopic (exact) mass is 449 g/mol. The molecule has 0 unspecified atom stereocenters. The SMILES string of the molecule is COc1cc(OC)c2c(C)[n+](-c3ccc(C(C)C)cc3)c(C)cc2c1.O=C([O-])C(F)(F)F. The highest BCUT2D eigenvalue weighted by Gasteiger charge is 2.28. The molecule has 2 aromatic carbocycles. The van der Waals surface area contributed by atoms with Crippen LogP contribution in [0.3, 0.4) is 0 Å². The number of ether oxygens (including phenoxy) is 2. The Morgan fingerprint density at radius 3 is 2.00 bits per heavy atom. The number of benzene rings is 2. The quantitative estimate of drug-likeness (QED) is 0.561. The highest BCUT2D eigenvalue weighted by atomic mass is 19.4. The maximum atomic E-state index is 10.5. The Hall–Kier alpha value is -3.29. The predicted octanol–water partition coefficient (Wildman–Crippen LogP) is 4.17. The van der Waals surface area contributed by atoms with Crippen LogP contribution in [0.4, 0.5) is 13.2 Å². The van der Waals surface area contributed by atoms with Gasteiger partial charge in [0.1, 0.15) is 17.5 Å². The Morgan fingerprint density at radius 1 is 1.00 bits per heavy atom. The molecule has 3 aromatic rings. The molecule has 0 bridgehead atoms. The van der Waals surface area contributed by atoms with Crippen molar-refractivity contribution in [3.63, 3.8) is 0 Å². The molecule has 0 aliphatic rings. The van der Waals surface area contributed by atoms with Crippen molar-refractivity contribution < 1.29 is 37.1 Å². The van der Waals surface area contributed by atoms with Gasteiger partial charge in [-0.3, -0.25) is 0 Å². The number of rotatable bonds is 4. The third-order valence-corrected chi connectivity index (χ3v) is 5.03. The molecule has 0 amide bonds. The number of carboxylic acids is 1. The first-order valence-electron chi connectivity index (χ1n) is 9.87. The summed E-state index contributed by atoms with van der Waals surface area (Å²) >= 11 is 0. The molecule has 0 aliphatic heterocycles. The van der Waals surface area contributed by atoms with Crippen LogP contribution in [0.15, 0.2) is 42.5 Å². The van der Waals surface area contributed by atoms with Crippen LogP contribution in [0.1, 0.15) is 36.7 Å². The molecule has 0 N–H and O–H groups in total. The molecular formula is C24H26F3NO4. The van der Waals surface area contributed by atoms with E-state index in [2.05, 4.69) is 68.7 Å². The lowest BCUT2D eigenvalue weighted by molar-refractivity contribution is -0.607. The maximum absolute atomic E-state index is 10.5. The highest BCUT2D eigenvalue weighted by molar-refractivity contribution is 5.91. The number of fused-ring (bicyclic) bond motifs is 1. The summed E-state index contributed by atoms with van der Waals surface area (Å²) in [5, 5.41) is 11.0. The zero-order valence-corrected chi connectivity index (χ0v) is 18.8. The summed E-state index contributed by atoms with van der Waals surface area (Å²) in [7, 11) is 3.38. The van der Waals surface area contributed by atoms with Gasteiger partial charge in [-0.1, -0.05) is 26.0 Å². The van der Waals surface area contributed by atoms with E-state index in [9.17, 15) is 13.2 Å². The Bertz CT molecular complexity index is 1110.